The van der Waals surface area contributed by atoms with E-state index in [4.69, 9.17) is 0 Å². The van der Waals surface area contributed by atoms with Gasteiger partial charge in [-0.05, 0) is 112 Å². The highest BCUT2D eigenvalue weighted by Crippen LogP contribution is 2.53. The van der Waals surface area contributed by atoms with Crippen molar-refractivity contribution < 1.29 is 0 Å². The van der Waals surface area contributed by atoms with Gasteiger partial charge in [-0.3, -0.25) is 0 Å². The first-order valence-corrected chi connectivity index (χ1v) is 18.2. The maximum Gasteiger partial charge on any atom is 0.0207 e. The van der Waals surface area contributed by atoms with Crippen LogP contribution in [0.5, 0.6) is 0 Å². The number of hydrogen-bond acceptors (Lipinski definition) is 1. The van der Waals surface area contributed by atoms with Crippen molar-refractivity contribution in [2.45, 2.75) is 16.2 Å². The van der Waals surface area contributed by atoms with E-state index in [1.54, 1.807) is 0 Å². The first kappa shape index (κ1) is 28.0. The monoisotopic (exact) mass is 650 g/mol. The zero-order valence-electron chi connectivity index (χ0n) is 27.3. The zero-order valence-corrected chi connectivity index (χ0v) is 28.1. The highest BCUT2D eigenvalue weighted by molar-refractivity contribution is 7.99. The van der Waals surface area contributed by atoms with E-state index < -0.39 is 0 Å². The smallest absolute Gasteiger partial charge is 0.0207 e. The van der Waals surface area contributed by atoms with Crippen molar-refractivity contribution in [1.29, 1.82) is 0 Å². The average Bonchev–Trinajstić information content (AvgIpc) is 3.18. The molecule has 1 heterocycles. The van der Waals surface area contributed by atoms with E-state index in [0.717, 1.165) is 6.42 Å². The third-order valence-corrected chi connectivity index (χ3v) is 12.0. The minimum absolute atomic E-state index is 0.902. The largest absolute Gasteiger partial charge is 0.0888 e. The molecule has 232 valence electrons. The van der Waals surface area contributed by atoms with E-state index in [1.807, 2.05) is 11.8 Å². The molecule has 0 spiro atoms. The summed E-state index contributed by atoms with van der Waals surface area (Å²) in [5, 5.41) is 7.99. The molecule has 0 fully saturated rings. The van der Waals surface area contributed by atoms with Crippen LogP contribution < -0.4 is 0 Å². The van der Waals surface area contributed by atoms with Gasteiger partial charge in [0.25, 0.3) is 0 Å². The van der Waals surface area contributed by atoms with Crippen LogP contribution in [0.2, 0.25) is 0 Å². The molecule has 50 heavy (non-hydrogen) atoms. The minimum atomic E-state index is 0.902. The van der Waals surface area contributed by atoms with Crippen LogP contribution in [-0.2, 0) is 6.42 Å². The molecule has 2 aliphatic rings. The normalized spacial score (nSPS) is 12.6. The second kappa shape index (κ2) is 10.8. The molecule has 9 aromatic rings. The van der Waals surface area contributed by atoms with Crippen LogP contribution in [0.15, 0.2) is 180 Å². The molecule has 1 aliphatic heterocycles. The highest BCUT2D eigenvalue weighted by atomic mass is 32.2. The third kappa shape index (κ3) is 4.02. The second-order valence-electron chi connectivity index (χ2n) is 13.5. The van der Waals surface area contributed by atoms with Crippen molar-refractivity contribution in [3.05, 3.63) is 181 Å². The van der Waals surface area contributed by atoms with Crippen molar-refractivity contribution in [3.63, 3.8) is 0 Å². The third-order valence-electron chi connectivity index (χ3n) is 10.9. The Balaban J connectivity index is 1.14. The Morgan fingerprint density at radius 2 is 0.980 bits per heavy atom. The fourth-order valence-electron chi connectivity index (χ4n) is 8.81. The molecule has 0 nitrogen and oxygen atoms in total. The Hall–Kier alpha value is -5.89. The Morgan fingerprint density at radius 1 is 0.340 bits per heavy atom. The molecule has 0 aromatic heterocycles. The topological polar surface area (TPSA) is 0 Å². The van der Waals surface area contributed by atoms with Gasteiger partial charge in [0.05, 0.1) is 0 Å². The molecule has 0 radical (unpaired) electrons. The molecule has 0 saturated heterocycles. The van der Waals surface area contributed by atoms with E-state index in [9.17, 15) is 0 Å². The summed E-state index contributed by atoms with van der Waals surface area (Å²) >= 11 is 1.89. The van der Waals surface area contributed by atoms with Crippen molar-refractivity contribution in [3.8, 4) is 55.6 Å². The molecule has 1 aliphatic carbocycles. The Kier molecular flexibility index (Phi) is 6.05. The summed E-state index contributed by atoms with van der Waals surface area (Å²) in [6, 6.07) is 63.3. The fourth-order valence-corrected chi connectivity index (χ4v) is 9.94. The predicted octanol–water partition coefficient (Wildman–Crippen LogP) is 13.8. The summed E-state index contributed by atoms with van der Waals surface area (Å²) in [4.78, 5) is 2.67. The lowest BCUT2D eigenvalue weighted by atomic mass is 9.74. The van der Waals surface area contributed by atoms with Crippen molar-refractivity contribution in [2.75, 3.05) is 0 Å². The fraction of sp³-hybridized carbons (Fsp3) is 0.0204. The number of benzene rings is 9. The van der Waals surface area contributed by atoms with Crippen molar-refractivity contribution in [1.82, 2.24) is 0 Å². The summed E-state index contributed by atoms with van der Waals surface area (Å²) in [5.41, 5.74) is 15.9. The first-order chi connectivity index (χ1) is 24.8. The van der Waals surface area contributed by atoms with Crippen LogP contribution in [0.4, 0.5) is 0 Å². The lowest BCUT2D eigenvalue weighted by Crippen LogP contribution is -2.06. The van der Waals surface area contributed by atoms with Gasteiger partial charge < -0.3 is 0 Å². The molecule has 0 N–H and O–H groups in total. The Bertz CT molecular complexity index is 2840. The molecule has 11 rings (SSSR count). The van der Waals surface area contributed by atoms with E-state index in [-0.39, 0.29) is 0 Å². The van der Waals surface area contributed by atoms with Crippen molar-refractivity contribution >= 4 is 44.1 Å². The average molecular weight is 651 g/mol. The van der Waals surface area contributed by atoms with Crippen LogP contribution in [0.3, 0.4) is 0 Å². The number of fused-ring (bicyclic) bond motifs is 5. The van der Waals surface area contributed by atoms with Gasteiger partial charge in [0.2, 0.25) is 0 Å². The first-order valence-electron chi connectivity index (χ1n) is 17.4. The zero-order chi connectivity index (χ0) is 32.8. The molecule has 0 saturated carbocycles. The Labute approximate surface area is 295 Å². The lowest BCUT2D eigenvalue weighted by molar-refractivity contribution is 1.21. The predicted molar refractivity (Wildman–Crippen MR) is 213 cm³/mol. The van der Waals surface area contributed by atoms with Crippen LogP contribution >= 0.6 is 11.8 Å². The van der Waals surface area contributed by atoms with E-state index in [2.05, 4.69) is 170 Å². The molecule has 1 heteroatoms. The molecule has 0 atom stereocenters. The maximum absolute atomic E-state index is 2.36. The summed E-state index contributed by atoms with van der Waals surface area (Å²) in [7, 11) is 0. The molecule has 0 amide bonds. The molecular formula is C49H30S. The van der Waals surface area contributed by atoms with E-state index in [0.29, 0.717) is 0 Å². The van der Waals surface area contributed by atoms with Gasteiger partial charge in [0.15, 0.2) is 0 Å². The van der Waals surface area contributed by atoms with Gasteiger partial charge in [0, 0.05) is 15.2 Å². The summed E-state index contributed by atoms with van der Waals surface area (Å²) in [6.45, 7) is 0. The van der Waals surface area contributed by atoms with Crippen LogP contribution in [0.25, 0.3) is 88.0 Å². The highest BCUT2D eigenvalue weighted by Gasteiger charge is 2.28. The summed E-state index contributed by atoms with van der Waals surface area (Å²) in [5.74, 6) is 0. The molecule has 0 bridgehead atoms. The standard InChI is InChI=1S/C49H30S/c1-2-11-32(12-3-1)47-40-18-5-4-17-39(40)46(42-29-34-15-8-13-31-14-9-21-41(45(31)34)49(42)47)33-25-23-30(24-26-33)35-27-28-44-48-37(35)19-10-20-38(48)36-16-6-7-22-43(36)50-44/h1-28H,29H2. The van der Waals surface area contributed by atoms with Crippen LogP contribution in [-0.4, -0.2) is 0 Å². The summed E-state index contributed by atoms with van der Waals surface area (Å²) < 4.78 is 0. The van der Waals surface area contributed by atoms with Crippen LogP contribution in [0.1, 0.15) is 11.1 Å². The molecule has 9 aromatic carbocycles. The van der Waals surface area contributed by atoms with Gasteiger partial charge >= 0.3 is 0 Å². The minimum Gasteiger partial charge on any atom is -0.0888 e. The number of rotatable bonds is 3. The second-order valence-corrected chi connectivity index (χ2v) is 14.6. The van der Waals surface area contributed by atoms with Crippen LogP contribution in [0, 0.1) is 0 Å². The maximum atomic E-state index is 2.36. The number of hydrogen-bond donors (Lipinski definition) is 0. The SMILES string of the molecule is c1ccc(-c2c3c(c(-c4ccc(-c5ccc6c7c(cccc57)-c5ccccc5S6)cc4)c4ccccc24)Cc2cccc4cccc-3c24)cc1. The summed E-state index contributed by atoms with van der Waals surface area (Å²) in [6.07, 6.45) is 0.902. The van der Waals surface area contributed by atoms with Gasteiger partial charge in [0.1, 0.15) is 0 Å². The van der Waals surface area contributed by atoms with Gasteiger partial charge in [-0.25, -0.2) is 0 Å². The molecular weight excluding hydrogens is 621 g/mol. The Morgan fingerprint density at radius 3 is 1.84 bits per heavy atom. The quantitative estimate of drug-likeness (QED) is 0.183. The lowest BCUT2D eigenvalue weighted by Gasteiger charge is -2.28. The van der Waals surface area contributed by atoms with E-state index in [1.165, 1.54) is 109 Å². The van der Waals surface area contributed by atoms with Gasteiger partial charge in [-0.1, -0.05) is 169 Å². The van der Waals surface area contributed by atoms with Crippen molar-refractivity contribution in [2.24, 2.45) is 0 Å². The van der Waals surface area contributed by atoms with E-state index >= 15 is 0 Å². The molecule has 0 unspecified atom stereocenters. The van der Waals surface area contributed by atoms with Gasteiger partial charge in [-0.15, -0.1) is 0 Å². The van der Waals surface area contributed by atoms with Gasteiger partial charge in [-0.2, -0.15) is 0 Å².